The number of amides is 1. The zero-order valence-corrected chi connectivity index (χ0v) is 13.3. The van der Waals surface area contributed by atoms with Crippen molar-refractivity contribution in [2.75, 3.05) is 18.4 Å². The van der Waals surface area contributed by atoms with Gasteiger partial charge in [-0.2, -0.15) is 5.26 Å². The zero-order valence-electron chi connectivity index (χ0n) is 12.5. The molecule has 4 nitrogen and oxygen atoms in total. The molecular formula is C17H20ClN3O. The summed E-state index contributed by atoms with van der Waals surface area (Å²) in [4.78, 5) is 14.4. The van der Waals surface area contributed by atoms with Gasteiger partial charge < -0.3 is 10.2 Å². The first-order chi connectivity index (χ1) is 10.7. The highest BCUT2D eigenvalue weighted by atomic mass is 35.5. The van der Waals surface area contributed by atoms with Crippen LogP contribution < -0.4 is 5.32 Å². The number of benzene rings is 1. The second-order valence-electron chi connectivity index (χ2n) is 6.20. The molecule has 1 aromatic carbocycles. The van der Waals surface area contributed by atoms with Crippen molar-refractivity contribution in [3.05, 3.63) is 28.8 Å². The van der Waals surface area contributed by atoms with E-state index in [9.17, 15) is 4.79 Å². The van der Waals surface area contributed by atoms with Crippen LogP contribution in [0.25, 0.3) is 0 Å². The van der Waals surface area contributed by atoms with Crippen LogP contribution in [0.2, 0.25) is 5.02 Å². The number of nitrogens with one attached hydrogen (secondary N) is 1. The molecule has 1 saturated carbocycles. The van der Waals surface area contributed by atoms with Crippen LogP contribution >= 0.6 is 11.6 Å². The van der Waals surface area contributed by atoms with Gasteiger partial charge in [0.25, 0.3) is 0 Å². The Morgan fingerprint density at radius 1 is 1.32 bits per heavy atom. The topological polar surface area (TPSA) is 56.1 Å². The van der Waals surface area contributed by atoms with E-state index in [1.165, 1.54) is 12.8 Å². The zero-order chi connectivity index (χ0) is 15.5. The molecule has 116 valence electrons. The molecule has 0 spiro atoms. The van der Waals surface area contributed by atoms with E-state index in [-0.39, 0.29) is 12.0 Å². The number of likely N-dealkylation sites (tertiary alicyclic amines) is 1. The summed E-state index contributed by atoms with van der Waals surface area (Å²) in [6.45, 7) is 1.59. The van der Waals surface area contributed by atoms with Gasteiger partial charge >= 0.3 is 0 Å². The lowest BCUT2D eigenvalue weighted by molar-refractivity contribution is -0.134. The number of halogens is 1. The molecule has 3 rings (SSSR count). The predicted octanol–water partition coefficient (Wildman–Crippen LogP) is 3.41. The monoisotopic (exact) mass is 317 g/mol. The molecular weight excluding hydrogens is 298 g/mol. The Bertz CT molecular complexity index is 604. The molecule has 1 unspecified atom stereocenters. The highest BCUT2D eigenvalue weighted by Gasteiger charge is 2.32. The smallest absolute Gasteiger partial charge is 0.225 e. The van der Waals surface area contributed by atoms with Gasteiger partial charge in [-0.1, -0.05) is 24.4 Å². The van der Waals surface area contributed by atoms with E-state index >= 15 is 0 Å². The van der Waals surface area contributed by atoms with E-state index in [1.54, 1.807) is 12.1 Å². The average Bonchev–Trinajstić information content (AvgIpc) is 3.18. The Kier molecular flexibility index (Phi) is 4.54. The molecule has 1 amide bonds. The number of rotatable bonds is 3. The summed E-state index contributed by atoms with van der Waals surface area (Å²) in [6.07, 6.45) is 5.44. The number of hydrogen-bond acceptors (Lipinski definition) is 3. The van der Waals surface area contributed by atoms with E-state index in [2.05, 4.69) is 11.4 Å². The molecule has 1 N–H and O–H groups in total. The number of nitrogens with zero attached hydrogens (tertiary/aromatic N) is 2. The fourth-order valence-corrected chi connectivity index (χ4v) is 3.66. The van der Waals surface area contributed by atoms with Crippen molar-refractivity contribution in [1.29, 1.82) is 5.26 Å². The van der Waals surface area contributed by atoms with Gasteiger partial charge in [0.2, 0.25) is 5.91 Å². The minimum absolute atomic E-state index is 0.253. The van der Waals surface area contributed by atoms with Crippen molar-refractivity contribution in [3.63, 3.8) is 0 Å². The van der Waals surface area contributed by atoms with E-state index in [0.29, 0.717) is 16.5 Å². The van der Waals surface area contributed by atoms with Crippen LogP contribution in [0.1, 0.15) is 37.7 Å². The highest BCUT2D eigenvalue weighted by molar-refractivity contribution is 6.32. The summed E-state index contributed by atoms with van der Waals surface area (Å²) >= 11 is 6.05. The van der Waals surface area contributed by atoms with E-state index in [4.69, 9.17) is 16.9 Å². The fraction of sp³-hybridized carbons (Fsp3) is 0.529. The Labute approximate surface area is 136 Å². The van der Waals surface area contributed by atoms with Crippen molar-refractivity contribution >= 4 is 23.2 Å². The molecule has 0 bridgehead atoms. The van der Waals surface area contributed by atoms with E-state index in [1.807, 2.05) is 11.0 Å². The third kappa shape index (κ3) is 3.20. The van der Waals surface area contributed by atoms with Gasteiger partial charge in [0.15, 0.2) is 0 Å². The molecule has 1 atom stereocenters. The summed E-state index contributed by atoms with van der Waals surface area (Å²) in [5.41, 5.74) is 1.39. The highest BCUT2D eigenvalue weighted by Crippen LogP contribution is 2.28. The summed E-state index contributed by atoms with van der Waals surface area (Å²) in [7, 11) is 0. The van der Waals surface area contributed by atoms with Crippen molar-refractivity contribution in [1.82, 2.24) is 4.90 Å². The van der Waals surface area contributed by atoms with Gasteiger partial charge in [-0.05, 0) is 37.5 Å². The normalized spacial score (nSPS) is 21.8. The summed E-state index contributed by atoms with van der Waals surface area (Å²) in [6, 6.07) is 7.68. The van der Waals surface area contributed by atoms with Crippen molar-refractivity contribution < 1.29 is 4.79 Å². The molecule has 5 heteroatoms. The summed E-state index contributed by atoms with van der Waals surface area (Å²) < 4.78 is 0. The van der Waals surface area contributed by atoms with Gasteiger partial charge in [0.05, 0.1) is 10.6 Å². The van der Waals surface area contributed by atoms with Crippen LogP contribution in [-0.4, -0.2) is 29.9 Å². The van der Waals surface area contributed by atoms with Gasteiger partial charge in [0.1, 0.15) is 6.07 Å². The SMILES string of the molecule is N#Cc1ccc(NC2CCN(C(=O)C3CCCC3)C2)cc1Cl. The molecule has 0 radical (unpaired) electrons. The van der Waals surface area contributed by atoms with Crippen LogP contribution in [0, 0.1) is 17.2 Å². The van der Waals surface area contributed by atoms with E-state index in [0.717, 1.165) is 38.0 Å². The molecule has 22 heavy (non-hydrogen) atoms. The lowest BCUT2D eigenvalue weighted by atomic mass is 10.1. The largest absolute Gasteiger partial charge is 0.380 e. The Morgan fingerprint density at radius 2 is 2.09 bits per heavy atom. The van der Waals surface area contributed by atoms with Crippen LogP contribution in [0.4, 0.5) is 5.69 Å². The molecule has 1 heterocycles. The molecule has 1 aliphatic carbocycles. The standard InChI is InChI=1S/C17H20ClN3O/c18-16-9-14(6-5-13(16)10-19)20-15-7-8-21(11-15)17(22)12-3-1-2-4-12/h5-6,9,12,15,20H,1-4,7-8,11H2. The molecule has 1 aromatic rings. The minimum Gasteiger partial charge on any atom is -0.380 e. The minimum atomic E-state index is 0.253. The number of nitriles is 1. The van der Waals surface area contributed by atoms with Crippen molar-refractivity contribution in [3.8, 4) is 6.07 Å². The molecule has 2 aliphatic rings. The van der Waals surface area contributed by atoms with Crippen LogP contribution in [0.15, 0.2) is 18.2 Å². The Hall–Kier alpha value is -1.73. The maximum atomic E-state index is 12.4. The lowest BCUT2D eigenvalue weighted by Crippen LogP contribution is -2.35. The third-order valence-corrected chi connectivity index (χ3v) is 4.98. The van der Waals surface area contributed by atoms with E-state index < -0.39 is 0 Å². The second-order valence-corrected chi connectivity index (χ2v) is 6.61. The Balaban J connectivity index is 1.58. The molecule has 1 saturated heterocycles. The summed E-state index contributed by atoms with van der Waals surface area (Å²) in [5, 5.41) is 12.8. The first kappa shape index (κ1) is 15.2. The third-order valence-electron chi connectivity index (χ3n) is 4.66. The average molecular weight is 318 g/mol. The van der Waals surface area contributed by atoms with Crippen molar-refractivity contribution in [2.24, 2.45) is 5.92 Å². The first-order valence-corrected chi connectivity index (χ1v) is 8.30. The van der Waals surface area contributed by atoms with Gasteiger partial charge in [-0.3, -0.25) is 4.79 Å². The molecule has 2 fully saturated rings. The molecule has 0 aromatic heterocycles. The van der Waals surface area contributed by atoms with Crippen LogP contribution in [-0.2, 0) is 4.79 Å². The number of carbonyl (C=O) groups excluding carboxylic acids is 1. The van der Waals surface area contributed by atoms with Crippen LogP contribution in [0.3, 0.4) is 0 Å². The quantitative estimate of drug-likeness (QED) is 0.929. The molecule has 1 aliphatic heterocycles. The first-order valence-electron chi connectivity index (χ1n) is 7.92. The summed E-state index contributed by atoms with van der Waals surface area (Å²) in [5.74, 6) is 0.586. The number of carbonyl (C=O) groups is 1. The predicted molar refractivity (Wildman–Crippen MR) is 86.7 cm³/mol. The maximum absolute atomic E-state index is 12.4. The van der Waals surface area contributed by atoms with Gasteiger partial charge in [-0.15, -0.1) is 0 Å². The second kappa shape index (κ2) is 6.58. The maximum Gasteiger partial charge on any atom is 0.225 e. The van der Waals surface area contributed by atoms with Crippen molar-refractivity contribution in [2.45, 2.75) is 38.1 Å². The van der Waals surface area contributed by atoms with Gasteiger partial charge in [0, 0.05) is 30.7 Å². The number of anilines is 1. The number of hydrogen-bond donors (Lipinski definition) is 1. The van der Waals surface area contributed by atoms with Gasteiger partial charge in [-0.25, -0.2) is 0 Å². The van der Waals surface area contributed by atoms with Crippen LogP contribution in [0.5, 0.6) is 0 Å². The Morgan fingerprint density at radius 3 is 2.77 bits per heavy atom. The fourth-order valence-electron chi connectivity index (χ4n) is 3.44. The lowest BCUT2D eigenvalue weighted by Gasteiger charge is -2.21.